The molecule has 0 spiro atoms. The van der Waals surface area contributed by atoms with Crippen molar-refractivity contribution in [3.8, 4) is 5.75 Å². The molecule has 0 unspecified atom stereocenters. The van der Waals surface area contributed by atoms with E-state index < -0.39 is 5.82 Å². The van der Waals surface area contributed by atoms with Crippen molar-refractivity contribution in [1.29, 1.82) is 0 Å². The molecule has 0 bridgehead atoms. The molecule has 0 aliphatic carbocycles. The Morgan fingerprint density at radius 3 is 2.69 bits per heavy atom. The van der Waals surface area contributed by atoms with Crippen molar-refractivity contribution in [2.45, 2.75) is 39.3 Å². The number of ether oxygens (including phenoxy) is 1. The Labute approximate surface area is 170 Å². The Morgan fingerprint density at radius 2 is 2.03 bits per heavy atom. The first-order chi connectivity index (χ1) is 13.8. The Morgan fingerprint density at radius 1 is 1.31 bits per heavy atom. The molecule has 0 radical (unpaired) electrons. The second-order valence-electron chi connectivity index (χ2n) is 7.42. The minimum atomic E-state index is -0.480. The summed E-state index contributed by atoms with van der Waals surface area (Å²) < 4.78 is 19.2. The van der Waals surface area contributed by atoms with E-state index >= 15 is 0 Å². The molecule has 0 saturated heterocycles. The van der Waals surface area contributed by atoms with Gasteiger partial charge in [0.25, 0.3) is 0 Å². The maximum Gasteiger partial charge on any atom is 0.246 e. The van der Waals surface area contributed by atoms with Crippen LogP contribution in [0.25, 0.3) is 0 Å². The number of amides is 2. The number of methoxy groups -OCH3 is 1. The number of rotatable bonds is 5. The number of halogens is 1. The van der Waals surface area contributed by atoms with Gasteiger partial charge in [-0.3, -0.25) is 9.59 Å². The number of nitrogens with one attached hydrogen (secondary N) is 1. The van der Waals surface area contributed by atoms with E-state index in [2.05, 4.69) is 5.32 Å². The number of para-hydroxylation sites is 2. The molecule has 6 nitrogen and oxygen atoms in total. The predicted octanol–water partition coefficient (Wildman–Crippen LogP) is 3.81. The Kier molecular flexibility index (Phi) is 6.06. The zero-order valence-electron chi connectivity index (χ0n) is 17.1. The van der Waals surface area contributed by atoms with E-state index in [1.165, 1.54) is 13.2 Å². The van der Waals surface area contributed by atoms with E-state index in [4.69, 9.17) is 4.74 Å². The minimum absolute atomic E-state index is 0.0379. The van der Waals surface area contributed by atoms with Crippen LogP contribution in [0.3, 0.4) is 0 Å². The molecule has 1 N–H and O–H groups in total. The molecule has 1 atom stereocenters. The molecule has 7 heteroatoms. The van der Waals surface area contributed by atoms with Crippen LogP contribution in [0.4, 0.5) is 21.5 Å². The largest absolute Gasteiger partial charge is 0.494 e. The van der Waals surface area contributed by atoms with Crippen LogP contribution in [0.5, 0.6) is 5.75 Å². The van der Waals surface area contributed by atoms with Crippen molar-refractivity contribution in [2.75, 3.05) is 28.8 Å². The number of carbonyl (C=O) groups is 2. The molecule has 0 saturated carbocycles. The number of anilines is 3. The van der Waals surface area contributed by atoms with Crippen molar-refractivity contribution < 1.29 is 18.7 Å². The highest BCUT2D eigenvalue weighted by molar-refractivity contribution is 6.05. The highest BCUT2D eigenvalue weighted by atomic mass is 19.1. The summed E-state index contributed by atoms with van der Waals surface area (Å²) in [6.45, 7) is 5.79. The minimum Gasteiger partial charge on any atom is -0.494 e. The van der Waals surface area contributed by atoms with Gasteiger partial charge in [0.1, 0.15) is 0 Å². The Balaban J connectivity index is 1.92. The lowest BCUT2D eigenvalue weighted by atomic mass is 10.1. The van der Waals surface area contributed by atoms with Gasteiger partial charge < -0.3 is 19.9 Å². The van der Waals surface area contributed by atoms with E-state index in [9.17, 15) is 14.0 Å². The molecule has 0 aromatic heterocycles. The third-order valence-corrected chi connectivity index (χ3v) is 5.02. The molecule has 154 valence electrons. The fraction of sp³-hybridized carbons (Fsp3) is 0.364. The SMILES string of the molecule is COc1ccc(N(CC(=O)N2c3ccccc3NC(=O)C[C@H]2C)C(C)C)cc1F. The van der Waals surface area contributed by atoms with Gasteiger partial charge in [-0.25, -0.2) is 4.39 Å². The third-order valence-electron chi connectivity index (χ3n) is 5.02. The third kappa shape index (κ3) is 4.34. The molecule has 1 aliphatic heterocycles. The van der Waals surface area contributed by atoms with Gasteiger partial charge in [-0.05, 0) is 45.0 Å². The van der Waals surface area contributed by atoms with Gasteiger partial charge in [0.05, 0.1) is 25.0 Å². The number of hydrogen-bond donors (Lipinski definition) is 1. The van der Waals surface area contributed by atoms with Crippen LogP contribution in [0, 0.1) is 5.82 Å². The summed E-state index contributed by atoms with van der Waals surface area (Å²) in [4.78, 5) is 29.0. The van der Waals surface area contributed by atoms with Gasteiger partial charge in [-0.15, -0.1) is 0 Å². The molecule has 2 aromatic carbocycles. The lowest BCUT2D eigenvalue weighted by Gasteiger charge is -2.33. The molecular weight excluding hydrogens is 373 g/mol. The Hall–Kier alpha value is -3.09. The topological polar surface area (TPSA) is 61.9 Å². The maximum absolute atomic E-state index is 14.2. The van der Waals surface area contributed by atoms with Crippen LogP contribution < -0.4 is 19.9 Å². The van der Waals surface area contributed by atoms with Crippen molar-refractivity contribution in [3.05, 3.63) is 48.3 Å². The second-order valence-corrected chi connectivity index (χ2v) is 7.42. The van der Waals surface area contributed by atoms with Gasteiger partial charge in [0.15, 0.2) is 11.6 Å². The number of benzene rings is 2. The first kappa shape index (κ1) is 20.6. The number of nitrogens with zero attached hydrogens (tertiary/aromatic N) is 2. The van der Waals surface area contributed by atoms with E-state index in [-0.39, 0.29) is 42.6 Å². The average Bonchev–Trinajstić information content (AvgIpc) is 2.79. The summed E-state index contributed by atoms with van der Waals surface area (Å²) in [6.07, 6.45) is 0.208. The average molecular weight is 399 g/mol. The standard InChI is InChI=1S/C22H26FN3O3/c1-14(2)25(16-9-10-20(29-4)17(23)12-16)13-22(28)26-15(3)11-21(27)24-18-7-5-6-8-19(18)26/h5-10,12,14-15H,11,13H2,1-4H3,(H,24,27)/t15-/m1/s1. The summed E-state index contributed by atoms with van der Waals surface area (Å²) in [5.74, 6) is -0.612. The van der Waals surface area contributed by atoms with Gasteiger partial charge in [0, 0.05) is 30.3 Å². The quantitative estimate of drug-likeness (QED) is 0.831. The normalized spacial score (nSPS) is 16.1. The van der Waals surface area contributed by atoms with Crippen molar-refractivity contribution in [3.63, 3.8) is 0 Å². The zero-order valence-corrected chi connectivity index (χ0v) is 17.1. The van der Waals surface area contributed by atoms with Crippen LogP contribution >= 0.6 is 0 Å². The van der Waals surface area contributed by atoms with Gasteiger partial charge in [-0.1, -0.05) is 12.1 Å². The number of carbonyl (C=O) groups excluding carboxylic acids is 2. The van der Waals surface area contributed by atoms with Crippen molar-refractivity contribution in [1.82, 2.24) is 0 Å². The van der Waals surface area contributed by atoms with Crippen LogP contribution in [0.2, 0.25) is 0 Å². The summed E-state index contributed by atoms with van der Waals surface area (Å²) in [5.41, 5.74) is 1.87. The first-order valence-corrected chi connectivity index (χ1v) is 9.63. The van der Waals surface area contributed by atoms with Gasteiger partial charge >= 0.3 is 0 Å². The predicted molar refractivity (Wildman–Crippen MR) is 112 cm³/mol. The smallest absolute Gasteiger partial charge is 0.246 e. The molecule has 1 aliphatic rings. The highest BCUT2D eigenvalue weighted by Crippen LogP contribution is 2.32. The Bertz CT molecular complexity index is 916. The molecule has 0 fully saturated rings. The zero-order chi connectivity index (χ0) is 21.1. The lowest BCUT2D eigenvalue weighted by molar-refractivity contribution is -0.118. The fourth-order valence-electron chi connectivity index (χ4n) is 3.60. The molecule has 2 aromatic rings. The van der Waals surface area contributed by atoms with E-state index in [1.807, 2.05) is 43.9 Å². The maximum atomic E-state index is 14.2. The summed E-state index contributed by atoms with van der Waals surface area (Å²) in [7, 11) is 1.41. The number of fused-ring (bicyclic) bond motifs is 1. The molecule has 29 heavy (non-hydrogen) atoms. The highest BCUT2D eigenvalue weighted by Gasteiger charge is 2.31. The van der Waals surface area contributed by atoms with Crippen LogP contribution in [-0.4, -0.2) is 37.6 Å². The molecule has 3 rings (SSSR count). The first-order valence-electron chi connectivity index (χ1n) is 9.63. The molecule has 1 heterocycles. The van der Waals surface area contributed by atoms with Gasteiger partial charge in [-0.2, -0.15) is 0 Å². The van der Waals surface area contributed by atoms with Crippen LogP contribution in [-0.2, 0) is 9.59 Å². The lowest BCUT2D eigenvalue weighted by Crippen LogP contribution is -2.47. The van der Waals surface area contributed by atoms with E-state index in [1.54, 1.807) is 23.1 Å². The van der Waals surface area contributed by atoms with Crippen molar-refractivity contribution >= 4 is 28.9 Å². The van der Waals surface area contributed by atoms with E-state index in [0.29, 0.717) is 17.1 Å². The van der Waals surface area contributed by atoms with Crippen LogP contribution in [0.15, 0.2) is 42.5 Å². The van der Waals surface area contributed by atoms with Gasteiger partial charge in [0.2, 0.25) is 11.8 Å². The van der Waals surface area contributed by atoms with Crippen molar-refractivity contribution in [2.24, 2.45) is 0 Å². The molecule has 2 amide bonds. The summed E-state index contributed by atoms with van der Waals surface area (Å²) in [5, 5.41) is 2.86. The molecular formula is C22H26FN3O3. The monoisotopic (exact) mass is 399 g/mol. The van der Waals surface area contributed by atoms with Crippen LogP contribution in [0.1, 0.15) is 27.2 Å². The number of hydrogen-bond acceptors (Lipinski definition) is 4. The van der Waals surface area contributed by atoms with E-state index in [0.717, 1.165) is 0 Å². The summed E-state index contributed by atoms with van der Waals surface area (Å²) >= 11 is 0. The summed E-state index contributed by atoms with van der Waals surface area (Å²) in [6, 6.07) is 11.6. The second kappa shape index (κ2) is 8.51. The fourth-order valence-corrected chi connectivity index (χ4v) is 3.60.